The first kappa shape index (κ1) is 24.9. The molecule has 35 heavy (non-hydrogen) atoms. The first-order valence-corrected chi connectivity index (χ1v) is 12.3. The zero-order valence-corrected chi connectivity index (χ0v) is 19.8. The molecule has 3 amide bonds. The van der Waals surface area contributed by atoms with E-state index in [0.29, 0.717) is 56.7 Å². The molecule has 0 aromatic heterocycles. The first-order chi connectivity index (χ1) is 16.9. The van der Waals surface area contributed by atoms with Crippen LogP contribution >= 0.6 is 0 Å². The number of carbonyl (C=O) groups excluding carboxylic acids is 3. The summed E-state index contributed by atoms with van der Waals surface area (Å²) in [5.74, 6) is -0.390. The van der Waals surface area contributed by atoms with Crippen LogP contribution in [0.5, 0.6) is 0 Å². The lowest BCUT2D eigenvalue weighted by molar-refractivity contribution is -0.132. The van der Waals surface area contributed by atoms with Crippen molar-refractivity contribution in [3.63, 3.8) is 0 Å². The van der Waals surface area contributed by atoms with E-state index in [2.05, 4.69) is 5.32 Å². The number of alkyl halides is 1. The zero-order chi connectivity index (χ0) is 24.8. The van der Waals surface area contributed by atoms with Crippen LogP contribution in [-0.2, 0) is 9.59 Å². The van der Waals surface area contributed by atoms with E-state index in [1.54, 1.807) is 21.9 Å². The predicted molar refractivity (Wildman–Crippen MR) is 132 cm³/mol. The minimum absolute atomic E-state index is 0.0587. The highest BCUT2D eigenvalue weighted by molar-refractivity contribution is 5.95. The van der Waals surface area contributed by atoms with E-state index in [4.69, 9.17) is 5.11 Å². The molecule has 2 fully saturated rings. The molecule has 2 aromatic rings. The molecule has 1 aliphatic carbocycles. The number of hydrogen-bond donors (Lipinski definition) is 2. The van der Waals surface area contributed by atoms with Gasteiger partial charge < -0.3 is 20.2 Å². The fraction of sp³-hybridized carbons (Fsp3) is 0.444. The number of nitrogens with zero attached hydrogens (tertiary/aromatic N) is 2. The van der Waals surface area contributed by atoms with Gasteiger partial charge in [-0.15, -0.1) is 0 Å². The number of carbonyl (C=O) groups is 3. The Balaban J connectivity index is 1.31. The van der Waals surface area contributed by atoms with E-state index in [0.717, 1.165) is 11.1 Å². The molecule has 7 nitrogen and oxygen atoms in total. The van der Waals surface area contributed by atoms with E-state index in [9.17, 15) is 18.8 Å². The van der Waals surface area contributed by atoms with Crippen LogP contribution in [0.2, 0.25) is 0 Å². The molecule has 0 bridgehead atoms. The van der Waals surface area contributed by atoms with Crippen molar-refractivity contribution >= 4 is 23.4 Å². The summed E-state index contributed by atoms with van der Waals surface area (Å²) < 4.78 is 13.0. The third-order valence-corrected chi connectivity index (χ3v) is 6.76. The molecule has 2 aliphatic rings. The lowest BCUT2D eigenvalue weighted by Crippen LogP contribution is -2.50. The van der Waals surface area contributed by atoms with Gasteiger partial charge in [-0.3, -0.25) is 14.4 Å². The second-order valence-electron chi connectivity index (χ2n) is 9.27. The average molecular weight is 482 g/mol. The summed E-state index contributed by atoms with van der Waals surface area (Å²) in [7, 11) is 0. The molecule has 0 spiro atoms. The van der Waals surface area contributed by atoms with Crippen molar-refractivity contribution in [1.29, 1.82) is 0 Å². The SMILES string of the molecule is O=C(Nc1cccc(-c2ccc(C(=O)N3CCN(C(=O)CCCCO)CC3)cc2)c1)C1CC(F)C1. The topological polar surface area (TPSA) is 90.0 Å². The van der Waals surface area contributed by atoms with Crippen LogP contribution in [0.3, 0.4) is 0 Å². The predicted octanol–water partition coefficient (Wildman–Crippen LogP) is 3.49. The third-order valence-electron chi connectivity index (χ3n) is 6.76. The molecule has 2 aromatic carbocycles. The molecule has 0 radical (unpaired) electrons. The van der Waals surface area contributed by atoms with Crippen LogP contribution in [0.15, 0.2) is 48.5 Å². The lowest BCUT2D eigenvalue weighted by Gasteiger charge is -2.35. The Kier molecular flexibility index (Phi) is 8.13. The van der Waals surface area contributed by atoms with Crippen LogP contribution in [0.4, 0.5) is 10.1 Å². The summed E-state index contributed by atoms with van der Waals surface area (Å²) in [5.41, 5.74) is 3.08. The van der Waals surface area contributed by atoms with Crippen molar-refractivity contribution in [2.75, 3.05) is 38.1 Å². The van der Waals surface area contributed by atoms with Crippen molar-refractivity contribution in [2.45, 2.75) is 38.3 Å². The molecular formula is C27H32FN3O4. The largest absolute Gasteiger partial charge is 0.396 e. The van der Waals surface area contributed by atoms with E-state index in [1.807, 2.05) is 36.4 Å². The van der Waals surface area contributed by atoms with Crippen LogP contribution in [-0.4, -0.2) is 71.6 Å². The van der Waals surface area contributed by atoms with Crippen LogP contribution < -0.4 is 5.32 Å². The van der Waals surface area contributed by atoms with E-state index < -0.39 is 6.17 Å². The van der Waals surface area contributed by atoms with E-state index in [1.165, 1.54) is 0 Å². The molecule has 2 N–H and O–H groups in total. The number of unbranched alkanes of at least 4 members (excludes halogenated alkanes) is 1. The molecule has 0 unspecified atom stereocenters. The lowest BCUT2D eigenvalue weighted by atomic mass is 9.83. The van der Waals surface area contributed by atoms with Gasteiger partial charge >= 0.3 is 0 Å². The van der Waals surface area contributed by atoms with Gasteiger partial charge in [0, 0.05) is 56.4 Å². The van der Waals surface area contributed by atoms with Crippen molar-refractivity contribution < 1.29 is 23.9 Å². The number of amides is 3. The number of nitrogens with one attached hydrogen (secondary N) is 1. The van der Waals surface area contributed by atoms with Crippen molar-refractivity contribution in [2.24, 2.45) is 5.92 Å². The van der Waals surface area contributed by atoms with Gasteiger partial charge in [0.1, 0.15) is 6.17 Å². The Morgan fingerprint density at radius 1 is 0.914 bits per heavy atom. The summed E-state index contributed by atoms with van der Waals surface area (Å²) in [4.78, 5) is 41.0. The van der Waals surface area contributed by atoms with Crippen LogP contribution in [0, 0.1) is 5.92 Å². The standard InChI is InChI=1S/C27H32FN3O4/c28-23-16-22(17-23)26(34)29-24-5-3-4-21(18-24)19-7-9-20(10-8-19)27(35)31-13-11-30(12-14-31)25(33)6-1-2-15-32/h3-5,7-10,18,22-23,32H,1-2,6,11-17H2,(H,29,34). The van der Waals surface area contributed by atoms with Gasteiger partial charge in [0.25, 0.3) is 5.91 Å². The van der Waals surface area contributed by atoms with Crippen molar-refractivity contribution in [3.05, 3.63) is 54.1 Å². The normalized spacial score (nSPS) is 19.7. The summed E-state index contributed by atoms with van der Waals surface area (Å²) in [6.45, 7) is 2.13. The third kappa shape index (κ3) is 6.25. The van der Waals surface area contributed by atoms with Gasteiger partial charge in [-0.1, -0.05) is 24.3 Å². The zero-order valence-electron chi connectivity index (χ0n) is 19.8. The molecule has 1 saturated carbocycles. The smallest absolute Gasteiger partial charge is 0.253 e. The maximum Gasteiger partial charge on any atom is 0.253 e. The second kappa shape index (κ2) is 11.4. The van der Waals surface area contributed by atoms with E-state index >= 15 is 0 Å². The molecule has 8 heteroatoms. The van der Waals surface area contributed by atoms with Crippen LogP contribution in [0.1, 0.15) is 42.5 Å². The monoisotopic (exact) mass is 481 g/mol. The van der Waals surface area contributed by atoms with Gasteiger partial charge in [-0.05, 0) is 61.1 Å². The molecule has 4 rings (SSSR count). The summed E-state index contributed by atoms with van der Waals surface area (Å²) in [6.07, 6.45) is 1.44. The highest BCUT2D eigenvalue weighted by Crippen LogP contribution is 2.31. The molecular weight excluding hydrogens is 449 g/mol. The highest BCUT2D eigenvalue weighted by Gasteiger charge is 2.34. The maximum atomic E-state index is 13.0. The fourth-order valence-corrected chi connectivity index (χ4v) is 4.48. The maximum absolute atomic E-state index is 13.0. The Hall–Kier alpha value is -3.26. The summed E-state index contributed by atoms with van der Waals surface area (Å²) >= 11 is 0. The number of rotatable bonds is 8. The van der Waals surface area contributed by atoms with Gasteiger partial charge in [0.05, 0.1) is 0 Å². The second-order valence-corrected chi connectivity index (χ2v) is 9.27. The quantitative estimate of drug-likeness (QED) is 0.565. The van der Waals surface area contributed by atoms with Crippen LogP contribution in [0.25, 0.3) is 11.1 Å². The minimum atomic E-state index is -0.868. The Morgan fingerprint density at radius 3 is 2.26 bits per heavy atom. The van der Waals surface area contributed by atoms with Crippen molar-refractivity contribution in [1.82, 2.24) is 9.80 Å². The summed E-state index contributed by atoms with van der Waals surface area (Å²) in [5, 5.41) is 11.7. The van der Waals surface area contributed by atoms with E-state index in [-0.39, 0.29) is 43.1 Å². The first-order valence-electron chi connectivity index (χ1n) is 12.3. The average Bonchev–Trinajstić information content (AvgIpc) is 2.87. The highest BCUT2D eigenvalue weighted by atomic mass is 19.1. The van der Waals surface area contributed by atoms with Gasteiger partial charge in [-0.25, -0.2) is 4.39 Å². The number of aliphatic hydroxyl groups excluding tert-OH is 1. The number of halogens is 1. The number of anilines is 1. The number of aliphatic hydroxyl groups is 1. The number of piperazine rings is 1. The van der Waals surface area contributed by atoms with Gasteiger partial charge in [0.15, 0.2) is 0 Å². The fourth-order valence-electron chi connectivity index (χ4n) is 4.48. The summed E-state index contributed by atoms with van der Waals surface area (Å²) in [6, 6.07) is 14.8. The molecule has 1 aliphatic heterocycles. The number of hydrogen-bond acceptors (Lipinski definition) is 4. The van der Waals surface area contributed by atoms with Crippen molar-refractivity contribution in [3.8, 4) is 11.1 Å². The van der Waals surface area contributed by atoms with Gasteiger partial charge in [0.2, 0.25) is 11.8 Å². The Labute approximate surface area is 204 Å². The Morgan fingerprint density at radius 2 is 1.60 bits per heavy atom. The number of benzene rings is 2. The molecule has 186 valence electrons. The molecule has 1 saturated heterocycles. The molecule has 1 heterocycles. The van der Waals surface area contributed by atoms with Gasteiger partial charge in [-0.2, -0.15) is 0 Å². The minimum Gasteiger partial charge on any atom is -0.396 e. The molecule has 0 atom stereocenters. The Bertz CT molecular complexity index is 1040.